The molecule has 0 radical (unpaired) electrons. The van der Waals surface area contributed by atoms with Crippen molar-refractivity contribution in [2.75, 3.05) is 29.0 Å². The molecule has 1 aliphatic heterocycles. The average Bonchev–Trinajstić information content (AvgIpc) is 2.81. The SMILES string of the molecule is CC1(N)CCN(c2cccnc2-c2c(N)cnc(NC(=O)c3cnccn3)c2C(F)(F)F)CC1F. The molecule has 0 spiro atoms. The van der Waals surface area contributed by atoms with Crippen LogP contribution in [0.4, 0.5) is 34.8 Å². The van der Waals surface area contributed by atoms with Gasteiger partial charge in [0.25, 0.3) is 5.91 Å². The van der Waals surface area contributed by atoms with Crippen LogP contribution in [0.1, 0.15) is 29.4 Å². The Morgan fingerprint density at radius 1 is 1.20 bits per heavy atom. The van der Waals surface area contributed by atoms with E-state index in [1.165, 1.54) is 30.7 Å². The van der Waals surface area contributed by atoms with Gasteiger partial charge >= 0.3 is 6.18 Å². The minimum absolute atomic E-state index is 0.123. The van der Waals surface area contributed by atoms with Crippen molar-refractivity contribution >= 4 is 23.1 Å². The molecule has 5 N–H and O–H groups in total. The van der Waals surface area contributed by atoms with Crippen LogP contribution in [0.5, 0.6) is 0 Å². The van der Waals surface area contributed by atoms with Crippen LogP contribution < -0.4 is 21.7 Å². The fourth-order valence-electron chi connectivity index (χ4n) is 3.83. The van der Waals surface area contributed by atoms with Crippen molar-refractivity contribution in [1.29, 1.82) is 0 Å². The molecule has 1 saturated heterocycles. The number of pyridine rings is 2. The molecule has 2 atom stereocenters. The van der Waals surface area contributed by atoms with Gasteiger partial charge in [0.15, 0.2) is 0 Å². The summed E-state index contributed by atoms with van der Waals surface area (Å²) in [6.45, 7) is 1.76. The monoisotopic (exact) mass is 490 g/mol. The standard InChI is InChI=1S/C22H22F4N8O/c1-21(28)4-8-34(11-15(21)23)14-3-2-5-31-18(14)16-12(27)9-32-19(17(16)22(24,25)26)33-20(35)13-10-29-6-7-30-13/h2-3,5-7,9-10,15H,4,8,11,27-28H2,1H3,(H,32,33,35). The maximum absolute atomic E-state index is 14.7. The molecule has 13 heteroatoms. The van der Waals surface area contributed by atoms with Gasteiger partial charge in [-0.3, -0.25) is 14.8 Å². The van der Waals surface area contributed by atoms with Gasteiger partial charge in [-0.15, -0.1) is 0 Å². The van der Waals surface area contributed by atoms with Crippen LogP contribution in [-0.4, -0.2) is 50.6 Å². The van der Waals surface area contributed by atoms with Gasteiger partial charge in [-0.05, 0) is 25.5 Å². The number of carbonyl (C=O) groups excluding carboxylic acids is 1. The molecule has 4 rings (SSSR count). The van der Waals surface area contributed by atoms with E-state index in [0.29, 0.717) is 6.54 Å². The predicted octanol–water partition coefficient (Wildman–Crippen LogP) is 3.05. The quantitative estimate of drug-likeness (QED) is 0.475. The van der Waals surface area contributed by atoms with Crippen LogP contribution in [0.25, 0.3) is 11.3 Å². The van der Waals surface area contributed by atoms with Crippen molar-refractivity contribution in [3.05, 3.63) is 54.4 Å². The van der Waals surface area contributed by atoms with E-state index in [9.17, 15) is 22.4 Å². The maximum atomic E-state index is 14.7. The third kappa shape index (κ3) is 4.85. The first-order valence-electron chi connectivity index (χ1n) is 10.6. The topological polar surface area (TPSA) is 136 Å². The number of amides is 1. The molecule has 2 unspecified atom stereocenters. The summed E-state index contributed by atoms with van der Waals surface area (Å²) >= 11 is 0. The van der Waals surface area contributed by atoms with Crippen molar-refractivity contribution in [2.24, 2.45) is 5.73 Å². The number of piperidine rings is 1. The lowest BCUT2D eigenvalue weighted by Crippen LogP contribution is -2.57. The number of hydrogen-bond acceptors (Lipinski definition) is 8. The van der Waals surface area contributed by atoms with Crippen LogP contribution >= 0.6 is 0 Å². The first-order chi connectivity index (χ1) is 16.5. The van der Waals surface area contributed by atoms with Crippen molar-refractivity contribution in [3.63, 3.8) is 0 Å². The number of nitrogen functional groups attached to an aromatic ring is 1. The van der Waals surface area contributed by atoms with Crippen molar-refractivity contribution in [3.8, 4) is 11.3 Å². The molecule has 1 fully saturated rings. The number of nitrogens with zero attached hydrogens (tertiary/aromatic N) is 5. The summed E-state index contributed by atoms with van der Waals surface area (Å²) in [5.74, 6) is -1.71. The Kier molecular flexibility index (Phi) is 6.28. The molecule has 35 heavy (non-hydrogen) atoms. The summed E-state index contributed by atoms with van der Waals surface area (Å²) in [7, 11) is 0. The Morgan fingerprint density at radius 3 is 2.63 bits per heavy atom. The largest absolute Gasteiger partial charge is 0.420 e. The molecule has 184 valence electrons. The zero-order valence-corrected chi connectivity index (χ0v) is 18.6. The molecule has 1 aliphatic rings. The number of rotatable bonds is 4. The molecule has 0 aromatic carbocycles. The number of anilines is 3. The van der Waals surface area contributed by atoms with Gasteiger partial charge in [0, 0.05) is 36.2 Å². The van der Waals surface area contributed by atoms with Gasteiger partial charge < -0.3 is 21.7 Å². The first-order valence-corrected chi connectivity index (χ1v) is 10.6. The van der Waals surface area contributed by atoms with Gasteiger partial charge in [-0.1, -0.05) is 0 Å². The lowest BCUT2D eigenvalue weighted by atomic mass is 9.88. The second-order valence-corrected chi connectivity index (χ2v) is 8.40. The van der Waals surface area contributed by atoms with E-state index in [4.69, 9.17) is 11.5 Å². The normalized spacial score (nSPS) is 20.5. The lowest BCUT2D eigenvalue weighted by molar-refractivity contribution is -0.136. The first kappa shape index (κ1) is 24.3. The van der Waals surface area contributed by atoms with Crippen LogP contribution in [0.3, 0.4) is 0 Å². The second-order valence-electron chi connectivity index (χ2n) is 8.40. The number of hydrogen-bond donors (Lipinski definition) is 3. The Hall–Kier alpha value is -3.87. The molecule has 9 nitrogen and oxygen atoms in total. The molecule has 1 amide bonds. The number of aromatic nitrogens is 4. The smallest absolute Gasteiger partial charge is 0.397 e. The molecular formula is C22H22F4N8O. The predicted molar refractivity (Wildman–Crippen MR) is 121 cm³/mol. The molecule has 3 aromatic heterocycles. The second kappa shape index (κ2) is 9.06. The Labute approximate surface area is 197 Å². The van der Waals surface area contributed by atoms with E-state index in [2.05, 4.69) is 25.3 Å². The Morgan fingerprint density at radius 2 is 1.97 bits per heavy atom. The van der Waals surface area contributed by atoms with Gasteiger partial charge in [-0.25, -0.2) is 14.4 Å². The summed E-state index contributed by atoms with van der Waals surface area (Å²) in [5.41, 5.74) is 8.76. The lowest BCUT2D eigenvalue weighted by Gasteiger charge is -2.41. The number of nitrogens with two attached hydrogens (primary N) is 2. The molecule has 0 aliphatic carbocycles. The summed E-state index contributed by atoms with van der Waals surface area (Å²) in [5, 5.41) is 2.14. The van der Waals surface area contributed by atoms with Gasteiger partial charge in [0.2, 0.25) is 0 Å². The van der Waals surface area contributed by atoms with E-state index in [0.717, 1.165) is 12.4 Å². The zero-order valence-electron chi connectivity index (χ0n) is 18.6. The Balaban J connectivity index is 1.83. The highest BCUT2D eigenvalue weighted by molar-refractivity contribution is 6.03. The van der Waals surface area contributed by atoms with Crippen LogP contribution in [0, 0.1) is 0 Å². The van der Waals surface area contributed by atoms with Crippen molar-refractivity contribution in [2.45, 2.75) is 31.2 Å². The highest BCUT2D eigenvalue weighted by Crippen LogP contribution is 2.46. The van der Waals surface area contributed by atoms with E-state index < -0.39 is 40.7 Å². The number of alkyl halides is 4. The summed E-state index contributed by atoms with van der Waals surface area (Å²) < 4.78 is 57.8. The van der Waals surface area contributed by atoms with E-state index in [1.54, 1.807) is 11.8 Å². The third-order valence-electron chi connectivity index (χ3n) is 5.80. The highest BCUT2D eigenvalue weighted by atomic mass is 19.4. The molecule has 0 bridgehead atoms. The van der Waals surface area contributed by atoms with Crippen LogP contribution in [0.15, 0.2) is 43.1 Å². The van der Waals surface area contributed by atoms with E-state index in [1.807, 2.05) is 0 Å². The zero-order chi connectivity index (χ0) is 25.4. The molecular weight excluding hydrogens is 468 g/mol. The highest BCUT2D eigenvalue weighted by Gasteiger charge is 2.41. The van der Waals surface area contributed by atoms with Gasteiger partial charge in [0.05, 0.1) is 36.0 Å². The van der Waals surface area contributed by atoms with E-state index in [-0.39, 0.29) is 35.7 Å². The van der Waals surface area contributed by atoms with Crippen LogP contribution in [0.2, 0.25) is 0 Å². The minimum Gasteiger partial charge on any atom is -0.397 e. The molecule has 3 aromatic rings. The summed E-state index contributed by atoms with van der Waals surface area (Å²) in [4.78, 5) is 29.5. The number of nitrogens with one attached hydrogen (secondary N) is 1. The fraction of sp³-hybridized carbons (Fsp3) is 0.318. The number of carbonyl (C=O) groups is 1. The molecule has 4 heterocycles. The number of halogens is 4. The Bertz CT molecular complexity index is 1240. The third-order valence-corrected chi connectivity index (χ3v) is 5.80. The minimum atomic E-state index is -4.97. The van der Waals surface area contributed by atoms with Crippen molar-refractivity contribution in [1.82, 2.24) is 19.9 Å². The van der Waals surface area contributed by atoms with Crippen LogP contribution in [-0.2, 0) is 6.18 Å². The van der Waals surface area contributed by atoms with E-state index >= 15 is 0 Å². The molecule has 0 saturated carbocycles. The van der Waals surface area contributed by atoms with Crippen molar-refractivity contribution < 1.29 is 22.4 Å². The summed E-state index contributed by atoms with van der Waals surface area (Å²) in [6.07, 6.45) is -0.158. The fourth-order valence-corrected chi connectivity index (χ4v) is 3.83. The van der Waals surface area contributed by atoms with Gasteiger partial charge in [-0.2, -0.15) is 13.2 Å². The maximum Gasteiger partial charge on any atom is 0.420 e. The van der Waals surface area contributed by atoms with Gasteiger partial charge in [0.1, 0.15) is 23.2 Å². The average molecular weight is 490 g/mol. The summed E-state index contributed by atoms with van der Waals surface area (Å²) in [6, 6.07) is 3.07.